The molecule has 0 spiro atoms. The predicted molar refractivity (Wildman–Crippen MR) is 54.5 cm³/mol. The van der Waals surface area contributed by atoms with Gasteiger partial charge in [0.15, 0.2) is 0 Å². The van der Waals surface area contributed by atoms with Gasteiger partial charge in [0.1, 0.15) is 5.75 Å². The molecule has 0 amide bonds. The number of hydrogen-bond donors (Lipinski definition) is 2. The summed E-state index contributed by atoms with van der Waals surface area (Å²) in [5, 5.41) is 17.5. The number of carboxylic acids is 2. The lowest BCUT2D eigenvalue weighted by molar-refractivity contribution is -0.142. The van der Waals surface area contributed by atoms with Gasteiger partial charge in [-0.15, -0.1) is 0 Å². The summed E-state index contributed by atoms with van der Waals surface area (Å²) in [6.45, 7) is 0. The Morgan fingerprint density at radius 1 is 1.25 bits per heavy atom. The maximum atomic E-state index is 10.7. The zero-order valence-electron chi connectivity index (χ0n) is 8.08. The van der Waals surface area contributed by atoms with Crippen LogP contribution in [0.5, 0.6) is 5.75 Å². The molecule has 1 unspecified atom stereocenters. The average Bonchev–Trinajstić information content (AvgIpc) is 2.27. The van der Waals surface area contributed by atoms with Crippen LogP contribution in [0.4, 0.5) is 0 Å². The Labute approximate surface area is 90.6 Å². The van der Waals surface area contributed by atoms with Gasteiger partial charge in [0.25, 0.3) is 0 Å². The molecule has 0 aromatic heterocycles. The highest BCUT2D eigenvalue weighted by Gasteiger charge is 2.21. The first-order valence-corrected chi connectivity index (χ1v) is 4.53. The van der Waals surface area contributed by atoms with Crippen LogP contribution >= 0.6 is 0 Å². The van der Waals surface area contributed by atoms with Gasteiger partial charge in [-0.3, -0.25) is 0 Å². The second-order valence-electron chi connectivity index (χ2n) is 3.29. The van der Waals surface area contributed by atoms with Gasteiger partial charge in [0.2, 0.25) is 6.10 Å². The molecule has 1 aromatic carbocycles. The summed E-state index contributed by atoms with van der Waals surface area (Å²) < 4.78 is 5.15. The minimum Gasteiger partial charge on any atom is -0.478 e. The Morgan fingerprint density at radius 2 is 2.00 bits per heavy atom. The quantitative estimate of drug-likeness (QED) is 0.783. The molecule has 0 radical (unpaired) electrons. The lowest BCUT2D eigenvalue weighted by atomic mass is 10.1. The van der Waals surface area contributed by atoms with Gasteiger partial charge in [-0.1, -0.05) is 6.08 Å². The SMILES string of the molecule is O=C(O)c1ccc2c(c1)C=CC(C(=O)O)O2. The van der Waals surface area contributed by atoms with E-state index >= 15 is 0 Å². The van der Waals surface area contributed by atoms with Crippen LogP contribution < -0.4 is 4.74 Å². The second kappa shape index (κ2) is 3.69. The number of hydrogen-bond acceptors (Lipinski definition) is 3. The van der Waals surface area contributed by atoms with E-state index in [0.717, 1.165) is 0 Å². The van der Waals surface area contributed by atoms with E-state index in [2.05, 4.69) is 0 Å². The number of ether oxygens (including phenoxy) is 1. The molecule has 5 nitrogen and oxygen atoms in total. The largest absolute Gasteiger partial charge is 0.478 e. The number of carboxylic acid groups (broad SMARTS) is 2. The Kier molecular flexibility index (Phi) is 2.36. The van der Waals surface area contributed by atoms with Crippen molar-refractivity contribution in [1.82, 2.24) is 0 Å². The molecule has 0 bridgehead atoms. The van der Waals surface area contributed by atoms with Crippen LogP contribution in [0.1, 0.15) is 15.9 Å². The van der Waals surface area contributed by atoms with Crippen LogP contribution in [0, 0.1) is 0 Å². The van der Waals surface area contributed by atoms with Crippen molar-refractivity contribution in [2.45, 2.75) is 6.10 Å². The van der Waals surface area contributed by atoms with Gasteiger partial charge in [-0.2, -0.15) is 0 Å². The van der Waals surface area contributed by atoms with Crippen LogP contribution in [-0.2, 0) is 4.79 Å². The van der Waals surface area contributed by atoms with Gasteiger partial charge < -0.3 is 14.9 Å². The molecule has 16 heavy (non-hydrogen) atoms. The molecule has 1 heterocycles. The minimum atomic E-state index is -1.08. The van der Waals surface area contributed by atoms with E-state index in [4.69, 9.17) is 14.9 Å². The summed E-state index contributed by atoms with van der Waals surface area (Å²) >= 11 is 0. The van der Waals surface area contributed by atoms with Crippen LogP contribution in [0.2, 0.25) is 0 Å². The standard InChI is InChI=1S/C11H8O5/c12-10(13)7-2-3-8-6(5-7)1-4-9(16-8)11(14)15/h1-5,9H,(H,12,13)(H,14,15). The molecule has 1 atom stereocenters. The fourth-order valence-electron chi connectivity index (χ4n) is 1.42. The highest BCUT2D eigenvalue weighted by molar-refractivity contribution is 5.89. The van der Waals surface area contributed by atoms with Crippen molar-refractivity contribution in [3.05, 3.63) is 35.4 Å². The number of aliphatic carboxylic acids is 1. The molecule has 1 aromatic rings. The third-order valence-corrected chi connectivity index (χ3v) is 2.20. The van der Waals surface area contributed by atoms with E-state index in [1.165, 1.54) is 24.3 Å². The van der Waals surface area contributed by atoms with E-state index < -0.39 is 18.0 Å². The zero-order chi connectivity index (χ0) is 11.7. The highest BCUT2D eigenvalue weighted by atomic mass is 16.5. The number of fused-ring (bicyclic) bond motifs is 1. The number of benzene rings is 1. The summed E-state index contributed by atoms with van der Waals surface area (Å²) in [6, 6.07) is 4.27. The van der Waals surface area contributed by atoms with Crippen LogP contribution in [-0.4, -0.2) is 28.3 Å². The minimum absolute atomic E-state index is 0.140. The molecule has 0 saturated heterocycles. The van der Waals surface area contributed by atoms with Crippen molar-refractivity contribution >= 4 is 18.0 Å². The topological polar surface area (TPSA) is 83.8 Å². The lowest BCUT2D eigenvalue weighted by Gasteiger charge is -2.18. The first-order valence-electron chi connectivity index (χ1n) is 4.53. The average molecular weight is 220 g/mol. The Hall–Kier alpha value is -2.30. The van der Waals surface area contributed by atoms with Crippen molar-refractivity contribution in [3.63, 3.8) is 0 Å². The van der Waals surface area contributed by atoms with E-state index in [-0.39, 0.29) is 5.56 Å². The maximum Gasteiger partial charge on any atom is 0.349 e. The molecule has 2 N–H and O–H groups in total. The Bertz CT molecular complexity index is 489. The number of rotatable bonds is 2. The Morgan fingerprint density at radius 3 is 2.62 bits per heavy atom. The molecule has 5 heteroatoms. The lowest BCUT2D eigenvalue weighted by Crippen LogP contribution is -2.26. The van der Waals surface area contributed by atoms with Crippen molar-refractivity contribution in [1.29, 1.82) is 0 Å². The van der Waals surface area contributed by atoms with E-state index in [9.17, 15) is 9.59 Å². The fourth-order valence-corrected chi connectivity index (χ4v) is 1.42. The summed E-state index contributed by atoms with van der Waals surface area (Å²) in [6.07, 6.45) is 1.91. The molecule has 0 saturated carbocycles. The Balaban J connectivity index is 2.36. The van der Waals surface area contributed by atoms with Crippen molar-refractivity contribution in [2.24, 2.45) is 0 Å². The fraction of sp³-hybridized carbons (Fsp3) is 0.0909. The molecular weight excluding hydrogens is 212 g/mol. The summed E-state index contributed by atoms with van der Waals surface area (Å²) in [7, 11) is 0. The van der Waals surface area contributed by atoms with Crippen molar-refractivity contribution < 1.29 is 24.5 Å². The van der Waals surface area contributed by atoms with Crippen LogP contribution in [0.3, 0.4) is 0 Å². The normalized spacial score (nSPS) is 17.4. The van der Waals surface area contributed by atoms with Gasteiger partial charge in [-0.05, 0) is 24.3 Å². The smallest absolute Gasteiger partial charge is 0.349 e. The molecule has 82 valence electrons. The zero-order valence-corrected chi connectivity index (χ0v) is 8.08. The molecule has 0 aliphatic carbocycles. The van der Waals surface area contributed by atoms with Gasteiger partial charge >= 0.3 is 11.9 Å². The molecule has 1 aliphatic heterocycles. The third-order valence-electron chi connectivity index (χ3n) is 2.20. The van der Waals surface area contributed by atoms with E-state index in [0.29, 0.717) is 11.3 Å². The maximum absolute atomic E-state index is 10.7. The van der Waals surface area contributed by atoms with Gasteiger partial charge in [0.05, 0.1) is 5.56 Å². The van der Waals surface area contributed by atoms with E-state index in [1.807, 2.05) is 0 Å². The predicted octanol–water partition coefficient (Wildman–Crippen LogP) is 1.24. The van der Waals surface area contributed by atoms with Crippen molar-refractivity contribution in [2.75, 3.05) is 0 Å². The highest BCUT2D eigenvalue weighted by Crippen LogP contribution is 2.27. The van der Waals surface area contributed by atoms with Crippen LogP contribution in [0.15, 0.2) is 24.3 Å². The summed E-state index contributed by atoms with van der Waals surface area (Å²) in [5.74, 6) is -1.74. The first-order chi connectivity index (χ1) is 7.58. The second-order valence-corrected chi connectivity index (χ2v) is 3.29. The van der Waals surface area contributed by atoms with Crippen molar-refractivity contribution in [3.8, 4) is 5.75 Å². The monoisotopic (exact) mass is 220 g/mol. The van der Waals surface area contributed by atoms with Gasteiger partial charge in [-0.25, -0.2) is 9.59 Å². The third kappa shape index (κ3) is 1.75. The molecule has 1 aliphatic rings. The summed E-state index contributed by atoms with van der Waals surface area (Å²) in [5.41, 5.74) is 0.707. The number of carbonyl (C=O) groups is 2. The van der Waals surface area contributed by atoms with Gasteiger partial charge in [0, 0.05) is 5.56 Å². The molecule has 0 fully saturated rings. The van der Waals surface area contributed by atoms with E-state index in [1.54, 1.807) is 6.08 Å². The molecular formula is C11H8O5. The molecule has 2 rings (SSSR count). The van der Waals surface area contributed by atoms with Crippen LogP contribution in [0.25, 0.3) is 6.08 Å². The number of aromatic carboxylic acids is 1. The first kappa shape index (κ1) is 10.2. The summed E-state index contributed by atoms with van der Waals surface area (Å²) in [4.78, 5) is 21.4.